The van der Waals surface area contributed by atoms with Gasteiger partial charge in [0.1, 0.15) is 11.6 Å². The first-order chi connectivity index (χ1) is 11.3. The quantitative estimate of drug-likeness (QED) is 0.866. The Kier molecular flexibility index (Phi) is 4.08. The minimum atomic E-state index is 0.508. The summed E-state index contributed by atoms with van der Waals surface area (Å²) in [5.74, 6) is 2.70. The Hall–Kier alpha value is -1.81. The van der Waals surface area contributed by atoms with Gasteiger partial charge in [0.15, 0.2) is 0 Å². The lowest BCUT2D eigenvalue weighted by atomic mass is 9.90. The van der Waals surface area contributed by atoms with Crippen molar-refractivity contribution in [1.29, 1.82) is 0 Å². The number of ether oxygens (including phenoxy) is 2. The van der Waals surface area contributed by atoms with Crippen LogP contribution in [0.3, 0.4) is 0 Å². The van der Waals surface area contributed by atoms with E-state index in [0.717, 1.165) is 48.1 Å². The van der Waals surface area contributed by atoms with Gasteiger partial charge in [0.05, 0.1) is 18.7 Å². The minimum absolute atomic E-state index is 0.508. The van der Waals surface area contributed by atoms with Gasteiger partial charge in [-0.25, -0.2) is 4.98 Å². The van der Waals surface area contributed by atoms with Crippen LogP contribution in [0.5, 0.6) is 5.75 Å². The molecule has 0 aliphatic carbocycles. The summed E-state index contributed by atoms with van der Waals surface area (Å²) in [5.41, 5.74) is 1.03. The van der Waals surface area contributed by atoms with Crippen molar-refractivity contribution < 1.29 is 9.47 Å². The Morgan fingerprint density at radius 1 is 1.13 bits per heavy atom. The first-order valence-electron chi connectivity index (χ1n) is 8.65. The Balaban J connectivity index is 1.47. The fourth-order valence-corrected chi connectivity index (χ4v) is 3.87. The molecule has 2 aromatic rings. The van der Waals surface area contributed by atoms with E-state index in [2.05, 4.69) is 17.0 Å². The maximum absolute atomic E-state index is 5.87. The van der Waals surface area contributed by atoms with Crippen molar-refractivity contribution in [3.8, 4) is 5.75 Å². The second kappa shape index (κ2) is 6.36. The van der Waals surface area contributed by atoms with Crippen LogP contribution in [0.2, 0.25) is 0 Å². The molecule has 0 saturated carbocycles. The lowest BCUT2D eigenvalue weighted by Crippen LogP contribution is -2.38. The third-order valence-electron chi connectivity index (χ3n) is 5.24. The molecule has 0 bridgehead atoms. The number of piperidine rings is 1. The highest BCUT2D eigenvalue weighted by molar-refractivity contribution is 5.81. The number of pyridine rings is 1. The standard InChI is InChI=1S/C19H24N2O2/c1-22-16-5-6-17-15(13-16)4-7-19(20-17)21-10-8-14(9-11-21)18-3-2-12-23-18/h4-7,13-14,18H,2-3,8-12H2,1H3. The molecule has 0 spiro atoms. The molecule has 4 heteroatoms. The van der Waals surface area contributed by atoms with Crippen LogP contribution in [-0.4, -0.2) is 37.9 Å². The first kappa shape index (κ1) is 14.8. The molecule has 1 aromatic heterocycles. The Morgan fingerprint density at radius 2 is 2.00 bits per heavy atom. The van der Waals surface area contributed by atoms with Gasteiger partial charge in [-0.2, -0.15) is 0 Å². The number of benzene rings is 1. The van der Waals surface area contributed by atoms with Crippen molar-refractivity contribution in [2.45, 2.75) is 31.8 Å². The van der Waals surface area contributed by atoms with E-state index in [4.69, 9.17) is 14.5 Å². The summed E-state index contributed by atoms with van der Waals surface area (Å²) in [7, 11) is 1.70. The summed E-state index contributed by atoms with van der Waals surface area (Å²) in [4.78, 5) is 7.25. The maximum atomic E-state index is 5.87. The van der Waals surface area contributed by atoms with E-state index in [9.17, 15) is 0 Å². The van der Waals surface area contributed by atoms with Crippen molar-refractivity contribution in [1.82, 2.24) is 4.98 Å². The van der Waals surface area contributed by atoms with Crippen LogP contribution >= 0.6 is 0 Å². The normalized spacial score (nSPS) is 22.7. The number of rotatable bonds is 3. The summed E-state index contributed by atoms with van der Waals surface area (Å²) < 4.78 is 11.1. The fourth-order valence-electron chi connectivity index (χ4n) is 3.87. The van der Waals surface area contributed by atoms with Gasteiger partial charge in [-0.15, -0.1) is 0 Å². The van der Waals surface area contributed by atoms with Gasteiger partial charge in [-0.1, -0.05) is 0 Å². The SMILES string of the molecule is COc1ccc2nc(N3CCC(C4CCCO4)CC3)ccc2c1. The van der Waals surface area contributed by atoms with Crippen molar-refractivity contribution >= 4 is 16.7 Å². The van der Waals surface area contributed by atoms with Gasteiger partial charge in [0.25, 0.3) is 0 Å². The van der Waals surface area contributed by atoms with Crippen LogP contribution in [0.25, 0.3) is 10.9 Å². The second-order valence-corrected chi connectivity index (χ2v) is 6.60. The van der Waals surface area contributed by atoms with Gasteiger partial charge in [-0.3, -0.25) is 0 Å². The van der Waals surface area contributed by atoms with Crippen molar-refractivity contribution in [2.24, 2.45) is 5.92 Å². The van der Waals surface area contributed by atoms with Crippen LogP contribution in [-0.2, 0) is 4.74 Å². The van der Waals surface area contributed by atoms with Gasteiger partial charge in [-0.05, 0) is 61.9 Å². The van der Waals surface area contributed by atoms with Gasteiger partial charge < -0.3 is 14.4 Å². The summed E-state index contributed by atoms with van der Waals surface area (Å²) in [5, 5.41) is 1.13. The molecule has 1 unspecified atom stereocenters. The zero-order valence-corrected chi connectivity index (χ0v) is 13.7. The topological polar surface area (TPSA) is 34.6 Å². The number of nitrogens with zero attached hydrogens (tertiary/aromatic N) is 2. The zero-order chi connectivity index (χ0) is 15.6. The largest absolute Gasteiger partial charge is 0.497 e. The van der Waals surface area contributed by atoms with E-state index in [1.807, 2.05) is 18.2 Å². The van der Waals surface area contributed by atoms with Crippen LogP contribution in [0.1, 0.15) is 25.7 Å². The number of fused-ring (bicyclic) bond motifs is 1. The van der Waals surface area contributed by atoms with E-state index < -0.39 is 0 Å². The molecular formula is C19H24N2O2. The molecule has 122 valence electrons. The molecular weight excluding hydrogens is 288 g/mol. The lowest BCUT2D eigenvalue weighted by Gasteiger charge is -2.35. The van der Waals surface area contributed by atoms with Crippen LogP contribution in [0.15, 0.2) is 30.3 Å². The zero-order valence-electron chi connectivity index (χ0n) is 13.7. The van der Waals surface area contributed by atoms with E-state index >= 15 is 0 Å². The lowest BCUT2D eigenvalue weighted by molar-refractivity contribution is 0.0531. The highest BCUT2D eigenvalue weighted by Gasteiger charge is 2.29. The van der Waals surface area contributed by atoms with Crippen LogP contribution in [0, 0.1) is 5.92 Å². The summed E-state index contributed by atoms with van der Waals surface area (Å²) in [6.45, 7) is 3.12. The Labute approximate surface area is 137 Å². The monoisotopic (exact) mass is 312 g/mol. The maximum Gasteiger partial charge on any atom is 0.129 e. The molecule has 4 nitrogen and oxygen atoms in total. The van der Waals surface area contributed by atoms with E-state index in [1.165, 1.54) is 25.7 Å². The van der Waals surface area contributed by atoms with Gasteiger partial charge >= 0.3 is 0 Å². The summed E-state index contributed by atoms with van der Waals surface area (Å²) in [6.07, 6.45) is 5.43. The fraction of sp³-hybridized carbons (Fsp3) is 0.526. The average Bonchev–Trinajstić information content (AvgIpc) is 3.15. The van der Waals surface area contributed by atoms with E-state index in [1.54, 1.807) is 7.11 Å². The molecule has 2 fully saturated rings. The molecule has 4 rings (SSSR count). The number of anilines is 1. The van der Waals surface area contributed by atoms with Gasteiger partial charge in [0, 0.05) is 25.1 Å². The van der Waals surface area contributed by atoms with Crippen molar-refractivity contribution in [2.75, 3.05) is 31.7 Å². The van der Waals surface area contributed by atoms with E-state index in [-0.39, 0.29) is 0 Å². The molecule has 0 radical (unpaired) electrons. The third kappa shape index (κ3) is 3.00. The molecule has 3 heterocycles. The molecule has 1 aromatic carbocycles. The minimum Gasteiger partial charge on any atom is -0.497 e. The van der Waals surface area contributed by atoms with Crippen molar-refractivity contribution in [3.63, 3.8) is 0 Å². The average molecular weight is 312 g/mol. The molecule has 2 aliphatic heterocycles. The Bertz CT molecular complexity index is 674. The summed E-state index contributed by atoms with van der Waals surface area (Å²) >= 11 is 0. The van der Waals surface area contributed by atoms with Crippen molar-refractivity contribution in [3.05, 3.63) is 30.3 Å². The summed E-state index contributed by atoms with van der Waals surface area (Å²) in [6, 6.07) is 10.3. The van der Waals surface area contributed by atoms with E-state index in [0.29, 0.717) is 6.10 Å². The number of hydrogen-bond donors (Lipinski definition) is 0. The second-order valence-electron chi connectivity index (χ2n) is 6.60. The number of hydrogen-bond acceptors (Lipinski definition) is 4. The number of aromatic nitrogens is 1. The van der Waals surface area contributed by atoms with Crippen LogP contribution < -0.4 is 9.64 Å². The highest BCUT2D eigenvalue weighted by atomic mass is 16.5. The molecule has 2 aliphatic rings. The Morgan fingerprint density at radius 3 is 2.74 bits per heavy atom. The first-order valence-corrected chi connectivity index (χ1v) is 8.65. The molecule has 1 atom stereocenters. The van der Waals surface area contributed by atoms with Gasteiger partial charge in [0.2, 0.25) is 0 Å². The molecule has 0 amide bonds. The molecule has 2 saturated heterocycles. The smallest absolute Gasteiger partial charge is 0.129 e. The predicted molar refractivity (Wildman–Crippen MR) is 92.2 cm³/mol. The molecule has 23 heavy (non-hydrogen) atoms. The van der Waals surface area contributed by atoms with Crippen LogP contribution in [0.4, 0.5) is 5.82 Å². The highest BCUT2D eigenvalue weighted by Crippen LogP contribution is 2.31. The number of methoxy groups -OCH3 is 1. The third-order valence-corrected chi connectivity index (χ3v) is 5.24. The molecule has 0 N–H and O–H groups in total. The predicted octanol–water partition coefficient (Wildman–Crippen LogP) is 3.64.